The first-order valence-corrected chi connectivity index (χ1v) is 3.97. The zero-order valence-corrected chi connectivity index (χ0v) is 7.46. The van der Waals surface area contributed by atoms with Crippen molar-refractivity contribution in [3.05, 3.63) is 0 Å². The van der Waals surface area contributed by atoms with E-state index in [1.165, 1.54) is 7.05 Å². The number of amides is 1. The Labute approximate surface area is 68.1 Å². The van der Waals surface area contributed by atoms with Crippen LogP contribution in [0.3, 0.4) is 0 Å². The van der Waals surface area contributed by atoms with Gasteiger partial charge in [0.05, 0.1) is 6.61 Å². The minimum atomic E-state index is -0.465. The highest BCUT2D eigenvalue weighted by atomic mass is 16.5. The second-order valence-electron chi connectivity index (χ2n) is 2.64. The second kappa shape index (κ2) is 6.01. The Morgan fingerprint density at radius 3 is 2.73 bits per heavy atom. The van der Waals surface area contributed by atoms with Gasteiger partial charge in [-0.2, -0.15) is 0 Å². The fraction of sp³-hybridized carbons (Fsp3) is 0.875. The molecule has 0 bridgehead atoms. The molecule has 0 fully saturated rings. The van der Waals surface area contributed by atoms with E-state index < -0.39 is 6.09 Å². The van der Waals surface area contributed by atoms with Gasteiger partial charge in [0.2, 0.25) is 0 Å². The maximum atomic E-state index is 10.5. The van der Waals surface area contributed by atoms with Gasteiger partial charge in [-0.1, -0.05) is 20.3 Å². The van der Waals surface area contributed by atoms with E-state index in [-0.39, 0.29) is 0 Å². The lowest BCUT2D eigenvalue weighted by molar-refractivity contribution is 0.140. The molecule has 0 aliphatic carbocycles. The minimum Gasteiger partial charge on any atom is -0.448 e. The van der Waals surface area contributed by atoms with Gasteiger partial charge >= 0.3 is 6.09 Å². The van der Waals surface area contributed by atoms with Crippen molar-refractivity contribution in [2.45, 2.75) is 26.7 Å². The van der Waals surface area contributed by atoms with E-state index >= 15 is 0 Å². The maximum Gasteiger partial charge on any atom is 0.428 e. The van der Waals surface area contributed by atoms with Crippen molar-refractivity contribution >= 4 is 6.09 Å². The molecule has 0 saturated heterocycles. The third-order valence-electron chi connectivity index (χ3n) is 1.72. The van der Waals surface area contributed by atoms with E-state index in [1.54, 1.807) is 0 Å². The molecule has 3 heteroatoms. The Bertz CT molecular complexity index is 115. The third-order valence-corrected chi connectivity index (χ3v) is 1.72. The predicted molar refractivity (Wildman–Crippen MR) is 43.5 cm³/mol. The lowest BCUT2D eigenvalue weighted by atomic mass is 10.1. The van der Waals surface area contributed by atoms with Crippen molar-refractivity contribution < 1.29 is 9.53 Å². The highest BCUT2D eigenvalue weighted by molar-refractivity contribution is 5.66. The smallest absolute Gasteiger partial charge is 0.428 e. The molecule has 0 heterocycles. The standard InChI is InChI=1S/C8H16NO2/c1-4-7(2)5-6-11-8(10)9-3/h7H,4-6H2,1-3H3. The van der Waals surface area contributed by atoms with E-state index in [0.717, 1.165) is 12.8 Å². The number of carbonyl (C=O) groups is 1. The molecule has 0 aliphatic rings. The lowest BCUT2D eigenvalue weighted by Crippen LogP contribution is -2.14. The zero-order chi connectivity index (χ0) is 8.69. The summed E-state index contributed by atoms with van der Waals surface area (Å²) in [4.78, 5) is 10.5. The molecule has 0 aromatic rings. The van der Waals surface area contributed by atoms with Crippen molar-refractivity contribution in [2.24, 2.45) is 5.92 Å². The van der Waals surface area contributed by atoms with E-state index in [9.17, 15) is 4.79 Å². The number of rotatable bonds is 4. The van der Waals surface area contributed by atoms with Crippen LogP contribution in [0.25, 0.3) is 0 Å². The maximum absolute atomic E-state index is 10.5. The number of hydrogen-bond acceptors (Lipinski definition) is 2. The minimum absolute atomic E-state index is 0.465. The number of carbonyl (C=O) groups excluding carboxylic acids is 1. The van der Waals surface area contributed by atoms with Crippen molar-refractivity contribution in [2.75, 3.05) is 13.7 Å². The molecular weight excluding hydrogens is 142 g/mol. The Morgan fingerprint density at radius 1 is 1.64 bits per heavy atom. The van der Waals surface area contributed by atoms with Crippen LogP contribution in [0.15, 0.2) is 0 Å². The van der Waals surface area contributed by atoms with Gasteiger partial charge in [0.1, 0.15) is 0 Å². The quantitative estimate of drug-likeness (QED) is 0.625. The normalized spacial score (nSPS) is 12.3. The average molecular weight is 158 g/mol. The molecule has 0 spiro atoms. The van der Waals surface area contributed by atoms with E-state index in [0.29, 0.717) is 12.5 Å². The van der Waals surface area contributed by atoms with Gasteiger partial charge in [-0.05, 0) is 12.3 Å². The van der Waals surface area contributed by atoms with Gasteiger partial charge in [-0.15, -0.1) is 0 Å². The van der Waals surface area contributed by atoms with Crippen LogP contribution in [0, 0.1) is 5.92 Å². The summed E-state index contributed by atoms with van der Waals surface area (Å²) >= 11 is 0. The molecule has 3 nitrogen and oxygen atoms in total. The SMILES string of the molecule is CCC(C)CCOC(=O)[N]C. The molecule has 0 rings (SSSR count). The van der Waals surface area contributed by atoms with Crippen molar-refractivity contribution in [1.29, 1.82) is 0 Å². The van der Waals surface area contributed by atoms with Crippen molar-refractivity contribution in [3.8, 4) is 0 Å². The lowest BCUT2D eigenvalue weighted by Gasteiger charge is -2.07. The number of nitrogens with zero attached hydrogens (tertiary/aromatic N) is 1. The fourth-order valence-electron chi connectivity index (χ4n) is 0.616. The zero-order valence-electron chi connectivity index (χ0n) is 7.46. The Morgan fingerprint density at radius 2 is 2.27 bits per heavy atom. The van der Waals surface area contributed by atoms with Gasteiger partial charge in [-0.25, -0.2) is 10.1 Å². The highest BCUT2D eigenvalue weighted by Gasteiger charge is 2.01. The average Bonchev–Trinajstić information content (AvgIpc) is 2.04. The number of ether oxygens (including phenoxy) is 1. The van der Waals surface area contributed by atoms with Crippen LogP contribution in [0.4, 0.5) is 4.79 Å². The summed E-state index contributed by atoms with van der Waals surface area (Å²) in [7, 11) is 1.44. The molecule has 0 N–H and O–H groups in total. The first-order valence-electron chi connectivity index (χ1n) is 3.97. The van der Waals surface area contributed by atoms with E-state index in [4.69, 9.17) is 4.74 Å². The molecular formula is C8H16NO2. The summed E-state index contributed by atoms with van der Waals surface area (Å²) in [6, 6.07) is 0. The van der Waals surface area contributed by atoms with Crippen LogP contribution in [-0.2, 0) is 4.74 Å². The molecule has 0 aliphatic heterocycles. The van der Waals surface area contributed by atoms with Crippen LogP contribution in [0.2, 0.25) is 0 Å². The predicted octanol–water partition coefficient (Wildman–Crippen LogP) is 1.79. The molecule has 11 heavy (non-hydrogen) atoms. The topological polar surface area (TPSA) is 40.4 Å². The first kappa shape index (κ1) is 10.3. The van der Waals surface area contributed by atoms with Gasteiger partial charge in [0, 0.05) is 7.05 Å². The van der Waals surface area contributed by atoms with E-state index in [1.807, 2.05) is 0 Å². The van der Waals surface area contributed by atoms with Crippen LogP contribution in [0.5, 0.6) is 0 Å². The summed E-state index contributed by atoms with van der Waals surface area (Å²) in [6.45, 7) is 4.75. The third kappa shape index (κ3) is 5.70. The van der Waals surface area contributed by atoms with Gasteiger partial charge in [-0.3, -0.25) is 0 Å². The second-order valence-corrected chi connectivity index (χ2v) is 2.64. The largest absolute Gasteiger partial charge is 0.448 e. The Hall–Kier alpha value is -0.730. The molecule has 0 aromatic heterocycles. The summed E-state index contributed by atoms with van der Waals surface area (Å²) in [5.74, 6) is 0.625. The summed E-state index contributed by atoms with van der Waals surface area (Å²) in [5.41, 5.74) is 0. The van der Waals surface area contributed by atoms with Crippen molar-refractivity contribution in [3.63, 3.8) is 0 Å². The molecule has 1 unspecified atom stereocenters. The van der Waals surface area contributed by atoms with Crippen LogP contribution in [0.1, 0.15) is 26.7 Å². The first-order chi connectivity index (χ1) is 5.20. The molecule has 0 saturated carbocycles. The van der Waals surface area contributed by atoms with Gasteiger partial charge in [0.25, 0.3) is 0 Å². The van der Waals surface area contributed by atoms with Gasteiger partial charge < -0.3 is 4.74 Å². The van der Waals surface area contributed by atoms with Crippen LogP contribution >= 0.6 is 0 Å². The van der Waals surface area contributed by atoms with Gasteiger partial charge in [0.15, 0.2) is 0 Å². The molecule has 0 aromatic carbocycles. The summed E-state index contributed by atoms with van der Waals surface area (Å²) < 4.78 is 4.76. The number of hydrogen-bond donors (Lipinski definition) is 0. The van der Waals surface area contributed by atoms with Crippen LogP contribution < -0.4 is 5.32 Å². The molecule has 1 radical (unpaired) electrons. The van der Waals surface area contributed by atoms with Crippen LogP contribution in [-0.4, -0.2) is 19.7 Å². The monoisotopic (exact) mass is 158 g/mol. The van der Waals surface area contributed by atoms with Crippen molar-refractivity contribution in [1.82, 2.24) is 5.32 Å². The fourth-order valence-corrected chi connectivity index (χ4v) is 0.616. The highest BCUT2D eigenvalue weighted by Crippen LogP contribution is 2.05. The molecule has 1 atom stereocenters. The summed E-state index contributed by atoms with van der Waals surface area (Å²) in [5, 5.41) is 3.35. The molecule has 65 valence electrons. The Balaban J connectivity index is 3.20. The van der Waals surface area contributed by atoms with E-state index in [2.05, 4.69) is 19.2 Å². The Kier molecular flexibility index (Phi) is 5.61. The molecule has 1 amide bonds. The summed E-state index contributed by atoms with van der Waals surface area (Å²) in [6.07, 6.45) is 1.59.